The molecular weight excluding hydrogens is 370 g/mol. The quantitative estimate of drug-likeness (QED) is 0.609. The van der Waals surface area contributed by atoms with Gasteiger partial charge in [0.2, 0.25) is 0 Å². The van der Waals surface area contributed by atoms with Gasteiger partial charge in [-0.15, -0.1) is 0 Å². The van der Waals surface area contributed by atoms with E-state index in [2.05, 4.69) is 0 Å². The van der Waals surface area contributed by atoms with Crippen LogP contribution < -0.4 is 14.4 Å². The zero-order valence-corrected chi connectivity index (χ0v) is 15.8. The molecular formula is C23H19NO5. The summed E-state index contributed by atoms with van der Waals surface area (Å²) in [6, 6.07) is 21.3. The Morgan fingerprint density at radius 2 is 1.72 bits per heavy atom. The second-order valence-electron chi connectivity index (χ2n) is 6.39. The van der Waals surface area contributed by atoms with Crippen molar-refractivity contribution in [1.82, 2.24) is 0 Å². The van der Waals surface area contributed by atoms with E-state index in [9.17, 15) is 9.59 Å². The van der Waals surface area contributed by atoms with Crippen molar-refractivity contribution in [3.05, 3.63) is 83.9 Å². The number of ether oxygens (including phenoxy) is 3. The van der Waals surface area contributed by atoms with Crippen molar-refractivity contribution >= 4 is 17.6 Å². The molecule has 1 heterocycles. The maximum Gasteiger partial charge on any atom is 0.337 e. The van der Waals surface area contributed by atoms with Crippen molar-refractivity contribution in [2.24, 2.45) is 0 Å². The molecule has 3 aromatic carbocycles. The number of carbonyl (C=O) groups is 2. The number of esters is 1. The van der Waals surface area contributed by atoms with E-state index in [0.29, 0.717) is 40.6 Å². The molecule has 0 radical (unpaired) electrons. The third-order valence-electron chi connectivity index (χ3n) is 4.58. The molecule has 0 aliphatic carbocycles. The van der Waals surface area contributed by atoms with Gasteiger partial charge >= 0.3 is 5.97 Å². The van der Waals surface area contributed by atoms with Crippen LogP contribution in [0.3, 0.4) is 0 Å². The van der Waals surface area contributed by atoms with Crippen molar-refractivity contribution in [2.45, 2.75) is 0 Å². The van der Waals surface area contributed by atoms with Gasteiger partial charge in [-0.3, -0.25) is 4.79 Å². The number of amides is 1. The molecule has 6 nitrogen and oxygen atoms in total. The van der Waals surface area contributed by atoms with Gasteiger partial charge in [-0.25, -0.2) is 4.79 Å². The first-order valence-corrected chi connectivity index (χ1v) is 9.16. The van der Waals surface area contributed by atoms with E-state index in [0.717, 1.165) is 0 Å². The number of hydrogen-bond donors (Lipinski definition) is 0. The summed E-state index contributed by atoms with van der Waals surface area (Å²) in [5.74, 6) is 1.08. The second-order valence-corrected chi connectivity index (χ2v) is 6.39. The highest BCUT2D eigenvalue weighted by Gasteiger charge is 2.27. The smallest absolute Gasteiger partial charge is 0.337 e. The highest BCUT2D eigenvalue weighted by Crippen LogP contribution is 2.38. The zero-order chi connectivity index (χ0) is 20.2. The van der Waals surface area contributed by atoms with Crippen LogP contribution in [0.1, 0.15) is 20.7 Å². The fraction of sp³-hybridized carbons (Fsp3) is 0.130. The van der Waals surface area contributed by atoms with Gasteiger partial charge in [0.1, 0.15) is 18.1 Å². The van der Waals surface area contributed by atoms with E-state index in [-0.39, 0.29) is 12.5 Å². The Morgan fingerprint density at radius 1 is 0.966 bits per heavy atom. The van der Waals surface area contributed by atoms with Gasteiger partial charge in [-0.1, -0.05) is 30.3 Å². The second kappa shape index (κ2) is 8.06. The molecule has 146 valence electrons. The van der Waals surface area contributed by atoms with E-state index in [4.69, 9.17) is 14.2 Å². The number of benzene rings is 3. The average molecular weight is 389 g/mol. The van der Waals surface area contributed by atoms with Crippen molar-refractivity contribution in [2.75, 3.05) is 25.2 Å². The van der Waals surface area contributed by atoms with E-state index >= 15 is 0 Å². The summed E-state index contributed by atoms with van der Waals surface area (Å²) in [6.45, 7) is 0.558. The summed E-state index contributed by atoms with van der Waals surface area (Å²) in [4.78, 5) is 26.5. The summed E-state index contributed by atoms with van der Waals surface area (Å²) in [5, 5.41) is 0. The van der Waals surface area contributed by atoms with Crippen molar-refractivity contribution in [3.63, 3.8) is 0 Å². The third kappa shape index (κ3) is 3.78. The van der Waals surface area contributed by atoms with E-state index in [1.807, 2.05) is 36.4 Å². The van der Waals surface area contributed by atoms with Gasteiger partial charge in [-0.05, 0) is 42.5 Å². The van der Waals surface area contributed by atoms with E-state index in [1.165, 1.54) is 7.11 Å². The monoisotopic (exact) mass is 389 g/mol. The van der Waals surface area contributed by atoms with Gasteiger partial charge in [0.25, 0.3) is 5.91 Å². The molecule has 29 heavy (non-hydrogen) atoms. The first-order valence-electron chi connectivity index (χ1n) is 9.16. The summed E-state index contributed by atoms with van der Waals surface area (Å²) in [7, 11) is 1.33. The maximum atomic E-state index is 13.2. The van der Waals surface area contributed by atoms with Crippen LogP contribution in [-0.2, 0) is 4.74 Å². The lowest BCUT2D eigenvalue weighted by Gasteiger charge is -2.22. The largest absolute Gasteiger partial charge is 0.492 e. The summed E-state index contributed by atoms with van der Waals surface area (Å²) in [5.41, 5.74) is 1.58. The van der Waals surface area contributed by atoms with Crippen LogP contribution in [0.5, 0.6) is 17.2 Å². The normalized spacial score (nSPS) is 12.3. The number of anilines is 1. The summed E-state index contributed by atoms with van der Waals surface area (Å²) < 4.78 is 16.5. The van der Waals surface area contributed by atoms with Gasteiger partial charge in [0.15, 0.2) is 5.75 Å². The minimum absolute atomic E-state index is 0.155. The van der Waals surface area contributed by atoms with Gasteiger partial charge < -0.3 is 19.1 Å². The minimum Gasteiger partial charge on any atom is -0.492 e. The number of rotatable bonds is 5. The number of carbonyl (C=O) groups excluding carboxylic acids is 2. The SMILES string of the molecule is COC(=O)c1cccc(OCCN2C(=O)c3ccccc3Oc3ccccc32)c1. The van der Waals surface area contributed by atoms with Crippen molar-refractivity contribution < 1.29 is 23.8 Å². The molecule has 1 aliphatic heterocycles. The molecule has 0 aromatic heterocycles. The molecule has 1 amide bonds. The number of hydrogen-bond acceptors (Lipinski definition) is 5. The molecule has 0 fully saturated rings. The Hall–Kier alpha value is -3.80. The van der Waals surface area contributed by atoms with Crippen molar-refractivity contribution in [3.8, 4) is 17.2 Å². The molecule has 0 unspecified atom stereocenters. The van der Waals surface area contributed by atoms with Crippen molar-refractivity contribution in [1.29, 1.82) is 0 Å². The van der Waals surface area contributed by atoms with Crippen LogP contribution in [0.2, 0.25) is 0 Å². The fourth-order valence-corrected chi connectivity index (χ4v) is 3.18. The topological polar surface area (TPSA) is 65.1 Å². The molecule has 0 spiro atoms. The predicted molar refractivity (Wildman–Crippen MR) is 108 cm³/mol. The van der Waals surface area contributed by atoms with E-state index in [1.54, 1.807) is 41.3 Å². The van der Waals surface area contributed by atoms with Crippen LogP contribution in [-0.4, -0.2) is 32.1 Å². The molecule has 0 N–H and O–H groups in total. The Balaban J connectivity index is 1.55. The van der Waals surface area contributed by atoms with Gasteiger partial charge in [-0.2, -0.15) is 0 Å². The molecule has 0 saturated carbocycles. The Bertz CT molecular complexity index is 1060. The third-order valence-corrected chi connectivity index (χ3v) is 4.58. The molecule has 0 atom stereocenters. The zero-order valence-electron chi connectivity index (χ0n) is 15.8. The molecule has 0 bridgehead atoms. The molecule has 0 saturated heterocycles. The lowest BCUT2D eigenvalue weighted by molar-refractivity contribution is 0.0600. The Morgan fingerprint density at radius 3 is 2.55 bits per heavy atom. The highest BCUT2D eigenvalue weighted by molar-refractivity contribution is 6.09. The van der Waals surface area contributed by atoms with Crippen LogP contribution in [0.15, 0.2) is 72.8 Å². The number of para-hydroxylation sites is 3. The predicted octanol–water partition coefficient (Wildman–Crippen LogP) is 4.30. The van der Waals surface area contributed by atoms with Crippen LogP contribution in [0.4, 0.5) is 5.69 Å². The summed E-state index contributed by atoms with van der Waals surface area (Å²) in [6.07, 6.45) is 0. The molecule has 4 rings (SSSR count). The van der Waals surface area contributed by atoms with Crippen LogP contribution >= 0.6 is 0 Å². The standard InChI is InChI=1S/C23H19NO5/c1-27-23(26)16-7-6-8-17(15-16)28-14-13-24-19-10-3-5-12-21(19)29-20-11-4-2-9-18(20)22(24)25/h2-12,15H,13-14H2,1H3. The Labute approximate surface area is 168 Å². The lowest BCUT2D eigenvalue weighted by Crippen LogP contribution is -2.34. The first-order chi connectivity index (χ1) is 14.2. The fourth-order valence-electron chi connectivity index (χ4n) is 3.18. The number of fused-ring (bicyclic) bond motifs is 2. The number of nitrogens with zero attached hydrogens (tertiary/aromatic N) is 1. The van der Waals surface area contributed by atoms with E-state index < -0.39 is 5.97 Å². The molecule has 1 aliphatic rings. The minimum atomic E-state index is -0.430. The van der Waals surface area contributed by atoms with Gasteiger partial charge in [0.05, 0.1) is 30.5 Å². The molecule has 6 heteroatoms. The Kier molecular flexibility index (Phi) is 5.16. The van der Waals surface area contributed by atoms with Crippen LogP contribution in [0, 0.1) is 0 Å². The van der Waals surface area contributed by atoms with Crippen LogP contribution in [0.25, 0.3) is 0 Å². The summed E-state index contributed by atoms with van der Waals surface area (Å²) >= 11 is 0. The number of methoxy groups -OCH3 is 1. The average Bonchev–Trinajstić information content (AvgIpc) is 2.88. The molecule has 3 aromatic rings. The highest BCUT2D eigenvalue weighted by atomic mass is 16.5. The first kappa shape index (κ1) is 18.6. The van der Waals surface area contributed by atoms with Gasteiger partial charge in [0, 0.05) is 0 Å². The maximum absolute atomic E-state index is 13.2. The lowest BCUT2D eigenvalue weighted by atomic mass is 10.1.